The van der Waals surface area contributed by atoms with Gasteiger partial charge in [-0.15, -0.1) is 0 Å². The number of fused-ring (bicyclic) bond motifs is 1. The third-order valence-electron chi connectivity index (χ3n) is 4.77. The highest BCUT2D eigenvalue weighted by atomic mass is 16.6. The van der Waals surface area contributed by atoms with Gasteiger partial charge in [0.2, 0.25) is 0 Å². The minimum atomic E-state index is -0.204. The van der Waals surface area contributed by atoms with Crippen molar-refractivity contribution in [3.05, 3.63) is 42.0 Å². The fraction of sp³-hybridized carbons (Fsp3) is 0.565. The summed E-state index contributed by atoms with van der Waals surface area (Å²) in [6, 6.07) is 12.6. The van der Waals surface area contributed by atoms with Crippen LogP contribution in [0.3, 0.4) is 0 Å². The lowest BCUT2D eigenvalue weighted by atomic mass is 9.99. The van der Waals surface area contributed by atoms with Crippen molar-refractivity contribution in [2.75, 3.05) is 13.7 Å². The van der Waals surface area contributed by atoms with Crippen molar-refractivity contribution in [2.45, 2.75) is 71.1 Å². The third kappa shape index (κ3) is 5.01. The van der Waals surface area contributed by atoms with E-state index in [-0.39, 0.29) is 30.0 Å². The Morgan fingerprint density at radius 1 is 1.11 bits per heavy atom. The quantitative estimate of drug-likeness (QED) is 0.691. The van der Waals surface area contributed by atoms with E-state index in [2.05, 4.69) is 65.0 Å². The summed E-state index contributed by atoms with van der Waals surface area (Å²) >= 11 is 0. The summed E-state index contributed by atoms with van der Waals surface area (Å²) in [5.74, 6) is 0.861. The molecule has 3 rings (SSSR count). The molecular formula is C23H32O4. The molecule has 27 heavy (non-hydrogen) atoms. The standard InChI is InChI=1S/C23H32O4/c1-15(2)26-21-13-20(27-22(21)14-25-23(3,4)5)18-11-16-9-7-8-10-17(16)12-19(18)24-6/h7-12,15,20-22H,13-14H2,1-6H3/t20-,21?,22-/m1/s1. The second kappa shape index (κ2) is 8.17. The summed E-state index contributed by atoms with van der Waals surface area (Å²) in [5, 5.41) is 2.35. The molecule has 4 heteroatoms. The van der Waals surface area contributed by atoms with Crippen LogP contribution in [0.25, 0.3) is 10.8 Å². The largest absolute Gasteiger partial charge is 0.496 e. The topological polar surface area (TPSA) is 36.9 Å². The fourth-order valence-corrected chi connectivity index (χ4v) is 3.55. The van der Waals surface area contributed by atoms with Crippen LogP contribution in [0.15, 0.2) is 36.4 Å². The van der Waals surface area contributed by atoms with Gasteiger partial charge in [0.25, 0.3) is 0 Å². The van der Waals surface area contributed by atoms with Crippen LogP contribution >= 0.6 is 0 Å². The molecule has 1 unspecified atom stereocenters. The molecule has 0 saturated carbocycles. The van der Waals surface area contributed by atoms with Gasteiger partial charge in [-0.1, -0.05) is 24.3 Å². The van der Waals surface area contributed by atoms with Crippen LogP contribution in [0, 0.1) is 0 Å². The second-order valence-corrected chi connectivity index (χ2v) is 8.49. The molecule has 1 aliphatic heterocycles. The average Bonchev–Trinajstić information content (AvgIpc) is 3.00. The molecule has 1 aliphatic rings. The molecule has 1 fully saturated rings. The lowest BCUT2D eigenvalue weighted by Gasteiger charge is -2.26. The molecule has 0 bridgehead atoms. The first-order chi connectivity index (χ1) is 12.8. The van der Waals surface area contributed by atoms with E-state index < -0.39 is 0 Å². The van der Waals surface area contributed by atoms with Crippen molar-refractivity contribution in [3.8, 4) is 5.75 Å². The van der Waals surface area contributed by atoms with Crippen LogP contribution in [-0.2, 0) is 14.2 Å². The lowest BCUT2D eigenvalue weighted by Crippen LogP contribution is -2.34. The monoisotopic (exact) mass is 372 g/mol. The molecule has 1 saturated heterocycles. The summed E-state index contributed by atoms with van der Waals surface area (Å²) in [5.41, 5.74) is 0.872. The van der Waals surface area contributed by atoms with Gasteiger partial charge in [0.1, 0.15) is 11.9 Å². The Kier molecular flexibility index (Phi) is 6.09. The second-order valence-electron chi connectivity index (χ2n) is 8.49. The van der Waals surface area contributed by atoms with Gasteiger partial charge < -0.3 is 18.9 Å². The van der Waals surface area contributed by atoms with Crippen LogP contribution < -0.4 is 4.74 Å². The van der Waals surface area contributed by atoms with Crippen molar-refractivity contribution in [2.24, 2.45) is 0 Å². The maximum absolute atomic E-state index is 6.42. The van der Waals surface area contributed by atoms with Gasteiger partial charge >= 0.3 is 0 Å². The fourth-order valence-electron chi connectivity index (χ4n) is 3.55. The summed E-state index contributed by atoms with van der Waals surface area (Å²) < 4.78 is 24.3. The number of methoxy groups -OCH3 is 1. The maximum Gasteiger partial charge on any atom is 0.125 e. The smallest absolute Gasteiger partial charge is 0.125 e. The van der Waals surface area contributed by atoms with Crippen LogP contribution in [-0.4, -0.2) is 37.6 Å². The van der Waals surface area contributed by atoms with Gasteiger partial charge in [0.15, 0.2) is 0 Å². The van der Waals surface area contributed by atoms with Crippen LogP contribution in [0.1, 0.15) is 52.7 Å². The summed E-state index contributed by atoms with van der Waals surface area (Å²) in [7, 11) is 1.71. The lowest BCUT2D eigenvalue weighted by molar-refractivity contribution is -0.108. The van der Waals surface area contributed by atoms with E-state index in [1.54, 1.807) is 7.11 Å². The highest BCUT2D eigenvalue weighted by Gasteiger charge is 2.39. The van der Waals surface area contributed by atoms with E-state index in [1.807, 2.05) is 6.07 Å². The molecular weight excluding hydrogens is 340 g/mol. The van der Waals surface area contributed by atoms with Crippen molar-refractivity contribution in [1.29, 1.82) is 0 Å². The number of hydrogen-bond acceptors (Lipinski definition) is 4. The molecule has 148 valence electrons. The Bertz CT molecular complexity index is 763. The first-order valence-electron chi connectivity index (χ1n) is 9.78. The first-order valence-corrected chi connectivity index (χ1v) is 9.78. The number of ether oxygens (including phenoxy) is 4. The molecule has 0 radical (unpaired) electrons. The SMILES string of the molecule is COc1cc2ccccc2cc1[C@H]1CC(OC(C)C)[C@@H](COC(C)(C)C)O1. The van der Waals surface area contributed by atoms with E-state index in [4.69, 9.17) is 18.9 Å². The molecule has 0 amide bonds. The molecule has 0 N–H and O–H groups in total. The zero-order valence-electron chi connectivity index (χ0n) is 17.3. The maximum atomic E-state index is 6.42. The molecule has 1 heterocycles. The number of hydrogen-bond donors (Lipinski definition) is 0. The highest BCUT2D eigenvalue weighted by Crippen LogP contribution is 2.41. The molecule has 3 atom stereocenters. The van der Waals surface area contributed by atoms with Gasteiger partial charge in [-0.2, -0.15) is 0 Å². The molecule has 0 spiro atoms. The van der Waals surface area contributed by atoms with E-state index in [0.29, 0.717) is 6.61 Å². The van der Waals surface area contributed by atoms with E-state index in [1.165, 1.54) is 10.8 Å². The number of rotatable bonds is 6. The summed E-state index contributed by atoms with van der Waals surface area (Å²) in [6.45, 7) is 10.8. The summed E-state index contributed by atoms with van der Waals surface area (Å²) in [6.07, 6.45) is 0.793. The van der Waals surface area contributed by atoms with Gasteiger partial charge in [0.05, 0.1) is 37.6 Å². The zero-order chi connectivity index (χ0) is 19.6. The van der Waals surface area contributed by atoms with Gasteiger partial charge in [-0.25, -0.2) is 0 Å². The van der Waals surface area contributed by atoms with Gasteiger partial charge in [-0.05, 0) is 57.5 Å². The minimum absolute atomic E-state index is 0.00789. The Balaban J connectivity index is 1.86. The van der Waals surface area contributed by atoms with E-state index in [0.717, 1.165) is 17.7 Å². The Morgan fingerprint density at radius 3 is 2.37 bits per heavy atom. The van der Waals surface area contributed by atoms with Gasteiger partial charge in [-0.3, -0.25) is 0 Å². The Morgan fingerprint density at radius 2 is 1.78 bits per heavy atom. The first kappa shape index (κ1) is 20.1. The Hall–Kier alpha value is -1.62. The average molecular weight is 373 g/mol. The van der Waals surface area contributed by atoms with Crippen molar-refractivity contribution >= 4 is 10.8 Å². The minimum Gasteiger partial charge on any atom is -0.496 e. The molecule has 2 aromatic carbocycles. The Labute approximate surface area is 162 Å². The van der Waals surface area contributed by atoms with Crippen molar-refractivity contribution in [3.63, 3.8) is 0 Å². The molecule has 0 aliphatic carbocycles. The predicted octanol–water partition coefficient (Wildman–Crippen LogP) is 5.29. The van der Waals surface area contributed by atoms with Crippen molar-refractivity contribution < 1.29 is 18.9 Å². The zero-order valence-corrected chi connectivity index (χ0v) is 17.3. The molecule has 4 nitrogen and oxygen atoms in total. The molecule has 0 aromatic heterocycles. The summed E-state index contributed by atoms with van der Waals surface area (Å²) in [4.78, 5) is 0. The predicted molar refractivity (Wildman–Crippen MR) is 108 cm³/mol. The van der Waals surface area contributed by atoms with Gasteiger partial charge in [0, 0.05) is 12.0 Å². The van der Waals surface area contributed by atoms with Crippen LogP contribution in [0.2, 0.25) is 0 Å². The van der Waals surface area contributed by atoms with E-state index in [9.17, 15) is 0 Å². The van der Waals surface area contributed by atoms with E-state index >= 15 is 0 Å². The third-order valence-corrected chi connectivity index (χ3v) is 4.77. The normalized spacial score (nSPS) is 23.3. The molecule has 2 aromatic rings. The van der Waals surface area contributed by atoms with Crippen molar-refractivity contribution in [1.82, 2.24) is 0 Å². The van der Waals surface area contributed by atoms with Crippen LogP contribution in [0.4, 0.5) is 0 Å². The number of benzene rings is 2. The highest BCUT2D eigenvalue weighted by molar-refractivity contribution is 5.85. The van der Waals surface area contributed by atoms with Crippen LogP contribution in [0.5, 0.6) is 5.75 Å².